The second-order valence-corrected chi connectivity index (χ2v) is 4.27. The van der Waals surface area contributed by atoms with E-state index in [4.69, 9.17) is 15.2 Å². The van der Waals surface area contributed by atoms with Gasteiger partial charge in [-0.25, -0.2) is 4.39 Å². The maximum Gasteiger partial charge on any atom is 0.237 e. The molecule has 0 amide bonds. The van der Waals surface area contributed by atoms with Crippen molar-refractivity contribution in [3.8, 4) is 0 Å². The van der Waals surface area contributed by atoms with Crippen molar-refractivity contribution in [3.63, 3.8) is 0 Å². The number of nitrogens with zero attached hydrogens (tertiary/aromatic N) is 2. The molecule has 1 aromatic rings. The molecule has 0 saturated heterocycles. The monoisotopic (exact) mass is 280 g/mol. The van der Waals surface area contributed by atoms with Crippen LogP contribution in [0.15, 0.2) is 29.2 Å². The third-order valence-corrected chi connectivity index (χ3v) is 3.00. The van der Waals surface area contributed by atoms with Gasteiger partial charge in [0.1, 0.15) is 5.82 Å². The Morgan fingerprint density at radius 2 is 2.10 bits per heavy atom. The predicted octanol–water partition coefficient (Wildman–Crippen LogP) is 1.48. The van der Waals surface area contributed by atoms with E-state index in [1.165, 1.54) is 25.4 Å². The number of methoxy groups -OCH3 is 2. The molecule has 1 aliphatic heterocycles. The Morgan fingerprint density at radius 3 is 2.75 bits per heavy atom. The van der Waals surface area contributed by atoms with Gasteiger partial charge in [0, 0.05) is 11.3 Å². The van der Waals surface area contributed by atoms with Gasteiger partial charge in [-0.15, -0.1) is 5.10 Å². The first-order valence-electron chi connectivity index (χ1n) is 6.01. The van der Waals surface area contributed by atoms with Crippen LogP contribution in [0.3, 0.4) is 0 Å². The average Bonchev–Trinajstić information content (AvgIpc) is 2.47. The fourth-order valence-electron chi connectivity index (χ4n) is 1.78. The number of halogens is 1. The van der Waals surface area contributed by atoms with Gasteiger partial charge in [0.15, 0.2) is 0 Å². The number of anilines is 1. The van der Waals surface area contributed by atoms with E-state index in [1.54, 1.807) is 19.1 Å². The number of hydrazone groups is 1. The van der Waals surface area contributed by atoms with Gasteiger partial charge >= 0.3 is 0 Å². The molecule has 0 bridgehead atoms. The quantitative estimate of drug-likeness (QED) is 0.821. The van der Waals surface area contributed by atoms with Crippen LogP contribution in [-0.2, 0) is 16.0 Å². The van der Waals surface area contributed by atoms with Crippen molar-refractivity contribution in [2.75, 3.05) is 20.0 Å². The van der Waals surface area contributed by atoms with Crippen molar-refractivity contribution in [1.29, 1.82) is 0 Å². The van der Waals surface area contributed by atoms with Crippen LogP contribution in [0.2, 0.25) is 0 Å². The van der Waals surface area contributed by atoms with Gasteiger partial charge in [0.2, 0.25) is 11.8 Å². The SMILES string of the molecule is COC1=CC(OC)=NN(Cc2ccc(F)c(C)c2N)N1. The molecule has 1 aromatic carbocycles. The second kappa shape index (κ2) is 5.68. The van der Waals surface area contributed by atoms with E-state index < -0.39 is 0 Å². The normalized spacial score (nSPS) is 14.3. The lowest BCUT2D eigenvalue weighted by Gasteiger charge is -2.26. The standard InChI is InChI=1S/C13H17FN4O2/c1-8-10(14)5-4-9(13(8)15)7-18-16-11(19-2)6-12(17-18)20-3/h4-6,16H,7,15H2,1-3H3. The number of ether oxygens (including phenoxy) is 2. The van der Waals surface area contributed by atoms with Gasteiger partial charge in [-0.2, -0.15) is 5.12 Å². The molecule has 3 N–H and O–H groups in total. The molecule has 0 atom stereocenters. The second-order valence-electron chi connectivity index (χ2n) is 4.27. The number of rotatable bonds is 3. The van der Waals surface area contributed by atoms with E-state index in [9.17, 15) is 4.39 Å². The zero-order valence-electron chi connectivity index (χ0n) is 11.6. The Morgan fingerprint density at radius 1 is 1.35 bits per heavy atom. The molecule has 0 aromatic heterocycles. The van der Waals surface area contributed by atoms with Crippen LogP contribution in [0, 0.1) is 12.7 Å². The van der Waals surface area contributed by atoms with Gasteiger partial charge in [-0.3, -0.25) is 5.43 Å². The Balaban J connectivity index is 2.21. The van der Waals surface area contributed by atoms with Crippen LogP contribution in [-0.4, -0.2) is 25.2 Å². The van der Waals surface area contributed by atoms with Crippen LogP contribution in [0.25, 0.3) is 0 Å². The summed E-state index contributed by atoms with van der Waals surface area (Å²) in [5.41, 5.74) is 10.4. The van der Waals surface area contributed by atoms with Gasteiger partial charge in [-0.1, -0.05) is 6.07 Å². The number of hydrogen-bond acceptors (Lipinski definition) is 6. The molecule has 0 spiro atoms. The molecule has 1 aliphatic rings. The van der Waals surface area contributed by atoms with Crippen LogP contribution >= 0.6 is 0 Å². The lowest BCUT2D eigenvalue weighted by molar-refractivity contribution is 0.127. The molecule has 20 heavy (non-hydrogen) atoms. The van der Waals surface area contributed by atoms with Crippen molar-refractivity contribution < 1.29 is 13.9 Å². The van der Waals surface area contributed by atoms with Crippen molar-refractivity contribution in [1.82, 2.24) is 10.5 Å². The number of hydrogen-bond donors (Lipinski definition) is 2. The van der Waals surface area contributed by atoms with Crippen LogP contribution < -0.4 is 11.2 Å². The number of nitrogens with one attached hydrogen (secondary N) is 1. The largest absolute Gasteiger partial charge is 0.481 e. The fraction of sp³-hybridized carbons (Fsp3) is 0.308. The highest BCUT2D eigenvalue weighted by Gasteiger charge is 2.16. The summed E-state index contributed by atoms with van der Waals surface area (Å²) in [4.78, 5) is 0. The summed E-state index contributed by atoms with van der Waals surface area (Å²) in [6.07, 6.45) is 1.62. The average molecular weight is 280 g/mol. The molecule has 0 unspecified atom stereocenters. The molecule has 6 nitrogen and oxygen atoms in total. The Bertz CT molecular complexity index is 572. The topological polar surface area (TPSA) is 72.1 Å². The first-order valence-corrected chi connectivity index (χ1v) is 6.01. The molecule has 0 saturated carbocycles. The lowest BCUT2D eigenvalue weighted by Crippen LogP contribution is -2.37. The van der Waals surface area contributed by atoms with E-state index in [0.29, 0.717) is 29.6 Å². The Labute approximate surface area is 116 Å². The molecule has 2 rings (SSSR count). The predicted molar refractivity (Wildman–Crippen MR) is 73.8 cm³/mol. The fourth-order valence-corrected chi connectivity index (χ4v) is 1.78. The van der Waals surface area contributed by atoms with Crippen molar-refractivity contribution >= 4 is 11.6 Å². The number of benzene rings is 1. The number of nitrogen functional groups attached to an aromatic ring is 1. The molecular formula is C13H17FN4O2. The highest BCUT2D eigenvalue weighted by atomic mass is 19.1. The zero-order chi connectivity index (χ0) is 14.7. The smallest absolute Gasteiger partial charge is 0.237 e. The lowest BCUT2D eigenvalue weighted by atomic mass is 10.1. The maximum absolute atomic E-state index is 13.4. The summed E-state index contributed by atoms with van der Waals surface area (Å²) in [6, 6.07) is 3.02. The first kappa shape index (κ1) is 14.0. The minimum atomic E-state index is -0.323. The van der Waals surface area contributed by atoms with Gasteiger partial charge in [0.05, 0.1) is 26.8 Å². The van der Waals surface area contributed by atoms with E-state index in [0.717, 1.165) is 5.56 Å². The Kier molecular flexibility index (Phi) is 3.97. The van der Waals surface area contributed by atoms with E-state index in [2.05, 4.69) is 10.5 Å². The molecule has 7 heteroatoms. The number of nitrogens with two attached hydrogens (primary N) is 1. The van der Waals surface area contributed by atoms with Crippen LogP contribution in [0.1, 0.15) is 11.1 Å². The van der Waals surface area contributed by atoms with Gasteiger partial charge in [0.25, 0.3) is 0 Å². The Hall–Kier alpha value is -2.44. The first-order chi connectivity index (χ1) is 9.55. The summed E-state index contributed by atoms with van der Waals surface area (Å²) >= 11 is 0. The highest BCUT2D eigenvalue weighted by molar-refractivity contribution is 5.88. The van der Waals surface area contributed by atoms with Gasteiger partial charge < -0.3 is 15.2 Å². The van der Waals surface area contributed by atoms with Crippen molar-refractivity contribution in [2.45, 2.75) is 13.5 Å². The third kappa shape index (κ3) is 2.76. The maximum atomic E-state index is 13.4. The summed E-state index contributed by atoms with van der Waals surface area (Å²) in [6.45, 7) is 1.99. The zero-order valence-corrected chi connectivity index (χ0v) is 11.6. The van der Waals surface area contributed by atoms with E-state index in [-0.39, 0.29) is 5.82 Å². The third-order valence-electron chi connectivity index (χ3n) is 3.00. The molecule has 1 heterocycles. The summed E-state index contributed by atoms with van der Waals surface area (Å²) in [5.74, 6) is 0.573. The van der Waals surface area contributed by atoms with E-state index in [1.807, 2.05) is 0 Å². The minimum absolute atomic E-state index is 0.323. The van der Waals surface area contributed by atoms with Crippen molar-refractivity contribution in [2.24, 2.45) is 5.10 Å². The molecule has 0 radical (unpaired) electrons. The molecule has 108 valence electrons. The van der Waals surface area contributed by atoms with Crippen LogP contribution in [0.5, 0.6) is 0 Å². The summed E-state index contributed by atoms with van der Waals surface area (Å²) in [5, 5.41) is 5.71. The molecule has 0 aliphatic carbocycles. The van der Waals surface area contributed by atoms with Crippen LogP contribution in [0.4, 0.5) is 10.1 Å². The number of hydrazine groups is 1. The molecular weight excluding hydrogens is 263 g/mol. The van der Waals surface area contributed by atoms with E-state index >= 15 is 0 Å². The summed E-state index contributed by atoms with van der Waals surface area (Å²) in [7, 11) is 3.05. The van der Waals surface area contributed by atoms with Crippen molar-refractivity contribution in [3.05, 3.63) is 41.0 Å². The highest BCUT2D eigenvalue weighted by Crippen LogP contribution is 2.21. The molecule has 0 fully saturated rings. The van der Waals surface area contributed by atoms with Gasteiger partial charge in [-0.05, 0) is 18.6 Å². The minimum Gasteiger partial charge on any atom is -0.481 e. The summed E-state index contributed by atoms with van der Waals surface area (Å²) < 4.78 is 23.6.